The van der Waals surface area contributed by atoms with Gasteiger partial charge in [-0.15, -0.1) is 0 Å². The molecule has 0 radical (unpaired) electrons. The summed E-state index contributed by atoms with van der Waals surface area (Å²) >= 11 is 3.85. The molecular weight excluding hydrogens is 292 g/mol. The van der Waals surface area contributed by atoms with Crippen LogP contribution in [0.4, 0.5) is 0 Å². The fourth-order valence-electron chi connectivity index (χ4n) is 2.64. The van der Waals surface area contributed by atoms with Gasteiger partial charge in [-0.05, 0) is 37.0 Å². The van der Waals surface area contributed by atoms with Crippen molar-refractivity contribution in [3.8, 4) is 5.75 Å². The number of hydrogen-bond acceptors (Lipinski definition) is 2. The molecule has 0 spiro atoms. The first kappa shape index (κ1) is 13.9. The summed E-state index contributed by atoms with van der Waals surface area (Å²) < 4.78 is 10.9. The summed E-state index contributed by atoms with van der Waals surface area (Å²) in [6.45, 7) is 3.12. The zero-order chi connectivity index (χ0) is 13.0. The SMILES string of the molecule is CCC1OCCC1C(Br)Cc1ccc(OC)cc1. The highest BCUT2D eigenvalue weighted by atomic mass is 79.9. The van der Waals surface area contributed by atoms with E-state index >= 15 is 0 Å². The molecule has 3 atom stereocenters. The first-order valence-corrected chi connectivity index (χ1v) is 7.54. The summed E-state index contributed by atoms with van der Waals surface area (Å²) in [5.74, 6) is 1.55. The topological polar surface area (TPSA) is 18.5 Å². The monoisotopic (exact) mass is 312 g/mol. The second kappa shape index (κ2) is 6.58. The maximum absolute atomic E-state index is 5.76. The molecule has 100 valence electrons. The minimum absolute atomic E-state index is 0.424. The van der Waals surface area contributed by atoms with Crippen LogP contribution in [0.5, 0.6) is 5.75 Å². The Morgan fingerprint density at radius 3 is 2.72 bits per heavy atom. The molecule has 1 heterocycles. The smallest absolute Gasteiger partial charge is 0.118 e. The zero-order valence-corrected chi connectivity index (χ0v) is 12.7. The Labute approximate surface area is 118 Å². The van der Waals surface area contributed by atoms with Gasteiger partial charge in [-0.25, -0.2) is 0 Å². The van der Waals surface area contributed by atoms with E-state index in [2.05, 4.69) is 35.0 Å². The Bertz CT molecular complexity index is 363. The highest BCUT2D eigenvalue weighted by molar-refractivity contribution is 9.09. The van der Waals surface area contributed by atoms with Crippen molar-refractivity contribution in [3.63, 3.8) is 0 Å². The van der Waals surface area contributed by atoms with Gasteiger partial charge in [0.15, 0.2) is 0 Å². The minimum atomic E-state index is 0.424. The molecule has 1 fully saturated rings. The molecule has 3 heteroatoms. The standard InChI is InChI=1S/C15H21BrO2/c1-3-15-13(8-9-18-15)14(16)10-11-4-6-12(17-2)7-5-11/h4-7,13-15H,3,8-10H2,1-2H3. The summed E-state index contributed by atoms with van der Waals surface area (Å²) in [7, 11) is 1.70. The molecule has 18 heavy (non-hydrogen) atoms. The third kappa shape index (κ3) is 3.27. The second-order valence-electron chi connectivity index (χ2n) is 4.84. The Kier molecular flexibility index (Phi) is 5.07. The lowest BCUT2D eigenvalue weighted by Gasteiger charge is -2.22. The third-order valence-corrected chi connectivity index (χ3v) is 4.72. The maximum Gasteiger partial charge on any atom is 0.118 e. The molecule has 3 unspecified atom stereocenters. The van der Waals surface area contributed by atoms with Crippen LogP contribution in [0.25, 0.3) is 0 Å². The number of halogens is 1. The highest BCUT2D eigenvalue weighted by Crippen LogP contribution is 2.32. The van der Waals surface area contributed by atoms with Crippen molar-refractivity contribution in [1.82, 2.24) is 0 Å². The predicted octanol–water partition coefficient (Wildman–Crippen LogP) is 3.82. The van der Waals surface area contributed by atoms with Crippen molar-refractivity contribution >= 4 is 15.9 Å². The molecule has 0 bridgehead atoms. The lowest BCUT2D eigenvalue weighted by atomic mass is 9.92. The van der Waals surface area contributed by atoms with Crippen LogP contribution in [-0.4, -0.2) is 24.6 Å². The van der Waals surface area contributed by atoms with E-state index in [4.69, 9.17) is 9.47 Å². The molecule has 2 rings (SSSR count). The molecule has 0 N–H and O–H groups in total. The molecule has 1 aromatic carbocycles. The van der Waals surface area contributed by atoms with E-state index in [1.165, 1.54) is 12.0 Å². The van der Waals surface area contributed by atoms with Crippen molar-refractivity contribution in [2.75, 3.05) is 13.7 Å². The summed E-state index contributed by atoms with van der Waals surface area (Å²) in [6, 6.07) is 8.34. The number of rotatable bonds is 5. The molecule has 0 saturated carbocycles. The Hall–Kier alpha value is -0.540. The van der Waals surface area contributed by atoms with Crippen LogP contribution in [0.2, 0.25) is 0 Å². The maximum atomic E-state index is 5.76. The summed E-state index contributed by atoms with van der Waals surface area (Å²) in [6.07, 6.45) is 3.75. The van der Waals surface area contributed by atoms with Gasteiger partial charge in [0.25, 0.3) is 0 Å². The number of benzene rings is 1. The van der Waals surface area contributed by atoms with E-state index in [0.717, 1.165) is 25.2 Å². The normalized spacial score (nSPS) is 25.1. The van der Waals surface area contributed by atoms with Crippen LogP contribution in [-0.2, 0) is 11.2 Å². The summed E-state index contributed by atoms with van der Waals surface area (Å²) in [5, 5.41) is 0. The molecule has 0 aromatic heterocycles. The van der Waals surface area contributed by atoms with E-state index < -0.39 is 0 Å². The number of hydrogen-bond donors (Lipinski definition) is 0. The minimum Gasteiger partial charge on any atom is -0.497 e. The number of alkyl halides is 1. The largest absolute Gasteiger partial charge is 0.497 e. The average Bonchev–Trinajstić information content (AvgIpc) is 2.88. The van der Waals surface area contributed by atoms with Gasteiger partial charge >= 0.3 is 0 Å². The molecule has 1 aliphatic rings. The van der Waals surface area contributed by atoms with Crippen LogP contribution in [0.15, 0.2) is 24.3 Å². The van der Waals surface area contributed by atoms with Crippen molar-refractivity contribution in [2.24, 2.45) is 5.92 Å². The van der Waals surface area contributed by atoms with Crippen molar-refractivity contribution in [2.45, 2.75) is 37.1 Å². The predicted molar refractivity (Wildman–Crippen MR) is 77.6 cm³/mol. The van der Waals surface area contributed by atoms with Crippen LogP contribution < -0.4 is 4.74 Å². The molecule has 1 aliphatic heterocycles. The summed E-state index contributed by atoms with van der Waals surface area (Å²) in [4.78, 5) is 0.498. The van der Waals surface area contributed by atoms with Gasteiger partial charge in [-0.2, -0.15) is 0 Å². The van der Waals surface area contributed by atoms with E-state index in [1.807, 2.05) is 12.1 Å². The van der Waals surface area contributed by atoms with Gasteiger partial charge in [-0.1, -0.05) is 35.0 Å². The molecule has 1 saturated heterocycles. The second-order valence-corrected chi connectivity index (χ2v) is 6.01. The quantitative estimate of drug-likeness (QED) is 0.770. The van der Waals surface area contributed by atoms with E-state index in [0.29, 0.717) is 16.8 Å². The molecule has 0 amide bonds. The summed E-state index contributed by atoms with van der Waals surface area (Å²) in [5.41, 5.74) is 1.35. The molecule has 0 aliphatic carbocycles. The van der Waals surface area contributed by atoms with Crippen molar-refractivity contribution in [1.29, 1.82) is 0 Å². The first-order valence-electron chi connectivity index (χ1n) is 6.63. The lowest BCUT2D eigenvalue weighted by molar-refractivity contribution is 0.0873. The molecule has 2 nitrogen and oxygen atoms in total. The van der Waals surface area contributed by atoms with E-state index in [-0.39, 0.29) is 0 Å². The van der Waals surface area contributed by atoms with Crippen LogP contribution in [0.1, 0.15) is 25.3 Å². The Morgan fingerprint density at radius 2 is 2.11 bits per heavy atom. The zero-order valence-electron chi connectivity index (χ0n) is 11.1. The Balaban J connectivity index is 1.95. The van der Waals surface area contributed by atoms with E-state index in [9.17, 15) is 0 Å². The number of methoxy groups -OCH3 is 1. The lowest BCUT2D eigenvalue weighted by Crippen LogP contribution is -2.25. The number of ether oxygens (including phenoxy) is 2. The van der Waals surface area contributed by atoms with Crippen molar-refractivity contribution in [3.05, 3.63) is 29.8 Å². The fraction of sp³-hybridized carbons (Fsp3) is 0.600. The Morgan fingerprint density at radius 1 is 1.39 bits per heavy atom. The van der Waals surface area contributed by atoms with Gasteiger partial charge in [0.05, 0.1) is 13.2 Å². The van der Waals surface area contributed by atoms with Crippen LogP contribution >= 0.6 is 15.9 Å². The van der Waals surface area contributed by atoms with Crippen LogP contribution in [0.3, 0.4) is 0 Å². The van der Waals surface area contributed by atoms with Gasteiger partial charge in [0, 0.05) is 17.4 Å². The van der Waals surface area contributed by atoms with Gasteiger partial charge in [0.1, 0.15) is 5.75 Å². The van der Waals surface area contributed by atoms with Crippen molar-refractivity contribution < 1.29 is 9.47 Å². The van der Waals surface area contributed by atoms with E-state index in [1.54, 1.807) is 7.11 Å². The average molecular weight is 313 g/mol. The van der Waals surface area contributed by atoms with Gasteiger partial charge in [-0.3, -0.25) is 0 Å². The highest BCUT2D eigenvalue weighted by Gasteiger charge is 2.32. The van der Waals surface area contributed by atoms with Gasteiger partial charge in [0.2, 0.25) is 0 Å². The fourth-order valence-corrected chi connectivity index (χ4v) is 3.62. The first-order chi connectivity index (χ1) is 8.74. The van der Waals surface area contributed by atoms with Gasteiger partial charge < -0.3 is 9.47 Å². The van der Waals surface area contributed by atoms with Crippen LogP contribution in [0, 0.1) is 5.92 Å². The molecule has 1 aromatic rings. The molecular formula is C15H21BrO2. The third-order valence-electron chi connectivity index (χ3n) is 3.72.